The van der Waals surface area contributed by atoms with E-state index in [1.54, 1.807) is 6.07 Å². The number of nitrogens with one attached hydrogen (secondary N) is 1. The molecule has 0 aliphatic heterocycles. The molecule has 0 heterocycles. The van der Waals surface area contributed by atoms with Gasteiger partial charge in [-0.15, -0.1) is 0 Å². The molecule has 0 saturated carbocycles. The lowest BCUT2D eigenvalue weighted by atomic mass is 10.2. The van der Waals surface area contributed by atoms with Gasteiger partial charge in [-0.1, -0.05) is 37.3 Å². The topological polar surface area (TPSA) is 73.9 Å². The lowest BCUT2D eigenvalue weighted by Gasteiger charge is -2.16. The maximum absolute atomic E-state index is 12.5. The minimum atomic E-state index is -0.933. The predicted octanol–water partition coefficient (Wildman–Crippen LogP) is 4.11. The van der Waals surface area contributed by atoms with Crippen molar-refractivity contribution in [3.05, 3.63) is 58.1 Å². The quantitative estimate of drug-likeness (QED) is 0.583. The zero-order valence-electron chi connectivity index (χ0n) is 16.2. The van der Waals surface area contributed by atoms with Crippen molar-refractivity contribution in [1.29, 1.82) is 0 Å². The highest BCUT2D eigenvalue weighted by Gasteiger charge is 2.21. The number of hydrogen-bond donors (Lipinski definition) is 1. The van der Waals surface area contributed by atoms with Crippen molar-refractivity contribution in [3.63, 3.8) is 0 Å². The molecule has 0 fully saturated rings. The molecule has 150 valence electrons. The van der Waals surface area contributed by atoms with Crippen LogP contribution in [0.25, 0.3) is 0 Å². The number of amides is 1. The molecular formula is C21H24BrNO5. The Labute approximate surface area is 173 Å². The molecule has 2 aromatic carbocycles. The summed E-state index contributed by atoms with van der Waals surface area (Å²) in [5.74, 6) is -0.0555. The molecule has 1 atom stereocenters. The van der Waals surface area contributed by atoms with E-state index in [1.165, 1.54) is 20.1 Å². The molecule has 0 spiro atoms. The Bertz CT molecular complexity index is 810. The lowest BCUT2D eigenvalue weighted by molar-refractivity contribution is -0.129. The third-order valence-electron chi connectivity index (χ3n) is 3.88. The van der Waals surface area contributed by atoms with Crippen molar-refractivity contribution in [3.8, 4) is 11.5 Å². The number of esters is 1. The second kappa shape index (κ2) is 10.7. The average molecular weight is 450 g/mol. The Morgan fingerprint density at radius 1 is 1.18 bits per heavy atom. The van der Waals surface area contributed by atoms with Crippen molar-refractivity contribution >= 4 is 27.8 Å². The van der Waals surface area contributed by atoms with E-state index < -0.39 is 12.1 Å². The number of carbonyl (C=O) groups is 2. The van der Waals surface area contributed by atoms with Gasteiger partial charge in [0.2, 0.25) is 0 Å². The van der Waals surface area contributed by atoms with Crippen LogP contribution >= 0.6 is 15.9 Å². The highest BCUT2D eigenvalue weighted by Crippen LogP contribution is 2.37. The number of methoxy groups -OCH3 is 1. The van der Waals surface area contributed by atoms with Gasteiger partial charge in [0, 0.05) is 6.54 Å². The van der Waals surface area contributed by atoms with E-state index in [-0.39, 0.29) is 11.5 Å². The fraction of sp³-hybridized carbons (Fsp3) is 0.333. The number of ether oxygens (including phenoxy) is 3. The molecule has 2 rings (SSSR count). The Morgan fingerprint density at radius 3 is 2.54 bits per heavy atom. The summed E-state index contributed by atoms with van der Waals surface area (Å²) in [5.41, 5.74) is 1.22. The van der Waals surface area contributed by atoms with E-state index in [4.69, 9.17) is 14.2 Å². The second-order valence-electron chi connectivity index (χ2n) is 6.09. The van der Waals surface area contributed by atoms with Gasteiger partial charge in [0.1, 0.15) is 0 Å². The summed E-state index contributed by atoms with van der Waals surface area (Å²) in [6.45, 7) is 4.42. The molecule has 7 heteroatoms. The highest BCUT2D eigenvalue weighted by atomic mass is 79.9. The molecule has 0 bridgehead atoms. The first kappa shape index (κ1) is 21.8. The van der Waals surface area contributed by atoms with Crippen molar-refractivity contribution in [2.75, 3.05) is 13.7 Å². The van der Waals surface area contributed by atoms with Gasteiger partial charge >= 0.3 is 5.97 Å². The molecule has 1 N–H and O–H groups in total. The van der Waals surface area contributed by atoms with Crippen LogP contribution in [0.15, 0.2) is 46.9 Å². The third kappa shape index (κ3) is 5.99. The molecule has 0 aromatic heterocycles. The smallest absolute Gasteiger partial charge is 0.339 e. The third-order valence-corrected chi connectivity index (χ3v) is 4.47. The minimum Gasteiger partial charge on any atom is -0.493 e. The molecule has 28 heavy (non-hydrogen) atoms. The minimum absolute atomic E-state index is 0.260. The van der Waals surface area contributed by atoms with Gasteiger partial charge in [-0.25, -0.2) is 4.79 Å². The maximum Gasteiger partial charge on any atom is 0.339 e. The largest absolute Gasteiger partial charge is 0.493 e. The van der Waals surface area contributed by atoms with E-state index in [9.17, 15) is 9.59 Å². The van der Waals surface area contributed by atoms with Crippen LogP contribution in [0, 0.1) is 0 Å². The lowest BCUT2D eigenvalue weighted by Crippen LogP contribution is -2.35. The summed E-state index contributed by atoms with van der Waals surface area (Å²) >= 11 is 3.39. The zero-order valence-corrected chi connectivity index (χ0v) is 17.7. The molecule has 0 aliphatic carbocycles. The standard InChI is InChI=1S/C21H24BrNO5/c1-4-10-27-19-17(22)11-16(12-18(19)26-3)21(25)28-14(2)20(24)23-13-15-8-6-5-7-9-15/h5-9,11-12,14H,4,10,13H2,1-3H3,(H,23,24). The summed E-state index contributed by atoms with van der Waals surface area (Å²) < 4.78 is 16.8. The van der Waals surface area contributed by atoms with Crippen LogP contribution in [-0.4, -0.2) is 31.7 Å². The van der Waals surface area contributed by atoms with E-state index in [1.807, 2.05) is 37.3 Å². The molecule has 0 aliphatic rings. The Kier molecular flexibility index (Phi) is 8.32. The number of rotatable bonds is 9. The molecular weight excluding hydrogens is 426 g/mol. The van der Waals surface area contributed by atoms with Crippen LogP contribution in [0.2, 0.25) is 0 Å². The molecule has 0 saturated heterocycles. The SMILES string of the molecule is CCCOc1c(Br)cc(C(=O)OC(C)C(=O)NCc2ccccc2)cc1OC. The van der Waals surface area contributed by atoms with Crippen molar-refractivity contribution in [2.24, 2.45) is 0 Å². The average Bonchev–Trinajstić information content (AvgIpc) is 2.71. The maximum atomic E-state index is 12.5. The van der Waals surface area contributed by atoms with E-state index in [0.717, 1.165) is 12.0 Å². The molecule has 2 aromatic rings. The van der Waals surface area contributed by atoms with Crippen LogP contribution in [0.3, 0.4) is 0 Å². The monoisotopic (exact) mass is 449 g/mol. The Morgan fingerprint density at radius 2 is 1.89 bits per heavy atom. The van der Waals surface area contributed by atoms with Gasteiger partial charge in [0.15, 0.2) is 17.6 Å². The van der Waals surface area contributed by atoms with Gasteiger partial charge in [-0.05, 0) is 47.0 Å². The van der Waals surface area contributed by atoms with Crippen LogP contribution < -0.4 is 14.8 Å². The van der Waals surface area contributed by atoms with E-state index in [2.05, 4.69) is 21.2 Å². The first-order chi connectivity index (χ1) is 13.5. The fourth-order valence-electron chi connectivity index (χ4n) is 2.39. The molecule has 1 amide bonds. The first-order valence-corrected chi connectivity index (χ1v) is 9.78. The van der Waals surface area contributed by atoms with Gasteiger partial charge < -0.3 is 19.5 Å². The van der Waals surface area contributed by atoms with Gasteiger partial charge in [0.05, 0.1) is 23.8 Å². The van der Waals surface area contributed by atoms with Crippen molar-refractivity contribution < 1.29 is 23.8 Å². The highest BCUT2D eigenvalue weighted by molar-refractivity contribution is 9.10. The number of halogens is 1. The number of benzene rings is 2. The van der Waals surface area contributed by atoms with Crippen LogP contribution in [0.4, 0.5) is 0 Å². The zero-order chi connectivity index (χ0) is 20.5. The van der Waals surface area contributed by atoms with Crippen LogP contribution in [-0.2, 0) is 16.1 Å². The normalized spacial score (nSPS) is 11.4. The summed E-state index contributed by atoms with van der Waals surface area (Å²) in [7, 11) is 1.50. The van der Waals surface area contributed by atoms with E-state index >= 15 is 0 Å². The summed E-state index contributed by atoms with van der Waals surface area (Å²) in [6, 6.07) is 12.6. The van der Waals surface area contributed by atoms with E-state index in [0.29, 0.717) is 29.1 Å². The van der Waals surface area contributed by atoms with Gasteiger partial charge in [-0.2, -0.15) is 0 Å². The summed E-state index contributed by atoms with van der Waals surface area (Å²) in [5, 5.41) is 2.75. The molecule has 1 unspecified atom stereocenters. The molecule has 6 nitrogen and oxygen atoms in total. The summed E-state index contributed by atoms with van der Waals surface area (Å²) in [6.07, 6.45) is -0.0911. The Balaban J connectivity index is 2.00. The van der Waals surface area contributed by atoms with Gasteiger partial charge in [0.25, 0.3) is 5.91 Å². The van der Waals surface area contributed by atoms with Crippen LogP contribution in [0.1, 0.15) is 36.2 Å². The number of carbonyl (C=O) groups excluding carboxylic acids is 2. The van der Waals surface area contributed by atoms with Crippen LogP contribution in [0.5, 0.6) is 11.5 Å². The number of hydrogen-bond acceptors (Lipinski definition) is 5. The first-order valence-electron chi connectivity index (χ1n) is 8.99. The summed E-state index contributed by atoms with van der Waals surface area (Å²) in [4.78, 5) is 24.7. The Hall–Kier alpha value is -2.54. The van der Waals surface area contributed by atoms with Crippen molar-refractivity contribution in [1.82, 2.24) is 5.32 Å². The predicted molar refractivity (Wildman–Crippen MR) is 110 cm³/mol. The van der Waals surface area contributed by atoms with Crippen molar-refractivity contribution in [2.45, 2.75) is 32.9 Å². The molecule has 0 radical (unpaired) electrons. The fourth-order valence-corrected chi connectivity index (χ4v) is 2.95. The second-order valence-corrected chi connectivity index (χ2v) is 6.94. The van der Waals surface area contributed by atoms with Gasteiger partial charge in [-0.3, -0.25) is 4.79 Å².